The van der Waals surface area contributed by atoms with Crippen LogP contribution in [0.2, 0.25) is 0 Å². The maximum absolute atomic E-state index is 12.4. The first-order chi connectivity index (χ1) is 13.2. The van der Waals surface area contributed by atoms with E-state index in [1.54, 1.807) is 0 Å². The molecule has 7 nitrogen and oxygen atoms in total. The van der Waals surface area contributed by atoms with Gasteiger partial charge in [0.2, 0.25) is 5.56 Å². The number of hydrogen-bond donors (Lipinski definition) is 2. The third kappa shape index (κ3) is 5.18. The van der Waals surface area contributed by atoms with E-state index in [0.717, 1.165) is 24.4 Å². The molecule has 2 heterocycles. The molecule has 0 spiro atoms. The van der Waals surface area contributed by atoms with E-state index in [9.17, 15) is 9.59 Å². The smallest absolute Gasteiger partial charge is 0.252 e. The lowest BCUT2D eigenvalue weighted by Crippen LogP contribution is -2.43. The standard InChI is InChI=1S/C20H25N3O4/c1-2-27-17-6-3-15(4-7-17)18(23-9-11-26-12-10-23)14-22-20(25)16-5-8-19(24)21-13-16/h3-8,13,18H,2,9-12,14H2,1H3,(H,21,24)(H,22,25). The van der Waals surface area contributed by atoms with Gasteiger partial charge >= 0.3 is 0 Å². The quantitative estimate of drug-likeness (QED) is 0.772. The van der Waals surface area contributed by atoms with E-state index >= 15 is 0 Å². The zero-order chi connectivity index (χ0) is 19.1. The van der Waals surface area contributed by atoms with Crippen molar-refractivity contribution in [2.75, 3.05) is 39.5 Å². The highest BCUT2D eigenvalue weighted by Crippen LogP contribution is 2.24. The summed E-state index contributed by atoms with van der Waals surface area (Å²) in [6, 6.07) is 10.9. The van der Waals surface area contributed by atoms with Gasteiger partial charge in [-0.25, -0.2) is 0 Å². The molecular formula is C20H25N3O4. The number of pyridine rings is 1. The van der Waals surface area contributed by atoms with Crippen molar-refractivity contribution in [2.45, 2.75) is 13.0 Å². The Balaban J connectivity index is 1.72. The lowest BCUT2D eigenvalue weighted by molar-refractivity contribution is 0.0162. The SMILES string of the molecule is CCOc1ccc(C(CNC(=O)c2ccc(=O)[nH]c2)N2CCOCC2)cc1. The van der Waals surface area contributed by atoms with E-state index < -0.39 is 0 Å². The second-order valence-electron chi connectivity index (χ2n) is 6.32. The molecule has 2 aromatic rings. The molecule has 2 N–H and O–H groups in total. The van der Waals surface area contributed by atoms with Crippen molar-refractivity contribution in [1.29, 1.82) is 0 Å². The topological polar surface area (TPSA) is 83.7 Å². The van der Waals surface area contributed by atoms with E-state index in [4.69, 9.17) is 9.47 Å². The van der Waals surface area contributed by atoms with Crippen molar-refractivity contribution in [3.63, 3.8) is 0 Å². The lowest BCUT2D eigenvalue weighted by atomic mass is 10.0. The molecule has 0 radical (unpaired) electrons. The zero-order valence-electron chi connectivity index (χ0n) is 15.4. The van der Waals surface area contributed by atoms with Crippen molar-refractivity contribution < 1.29 is 14.3 Å². The molecule has 1 atom stereocenters. The van der Waals surface area contributed by atoms with Crippen molar-refractivity contribution in [1.82, 2.24) is 15.2 Å². The summed E-state index contributed by atoms with van der Waals surface area (Å²) in [5.41, 5.74) is 1.32. The third-order valence-electron chi connectivity index (χ3n) is 4.56. The third-order valence-corrected chi connectivity index (χ3v) is 4.56. The van der Waals surface area contributed by atoms with Gasteiger partial charge in [0.15, 0.2) is 0 Å². The summed E-state index contributed by atoms with van der Waals surface area (Å²) in [7, 11) is 0. The Morgan fingerprint density at radius 2 is 1.96 bits per heavy atom. The number of aromatic nitrogens is 1. The summed E-state index contributed by atoms with van der Waals surface area (Å²) < 4.78 is 11.0. The lowest BCUT2D eigenvalue weighted by Gasteiger charge is -2.35. The van der Waals surface area contributed by atoms with Crippen LogP contribution in [0, 0.1) is 0 Å². The van der Waals surface area contributed by atoms with Gasteiger partial charge in [-0.05, 0) is 30.7 Å². The van der Waals surface area contributed by atoms with E-state index in [1.165, 1.54) is 18.3 Å². The minimum Gasteiger partial charge on any atom is -0.494 e. The van der Waals surface area contributed by atoms with Crippen LogP contribution < -0.4 is 15.6 Å². The van der Waals surface area contributed by atoms with Crippen LogP contribution in [0.3, 0.4) is 0 Å². The van der Waals surface area contributed by atoms with Gasteiger partial charge in [-0.3, -0.25) is 14.5 Å². The fourth-order valence-electron chi connectivity index (χ4n) is 3.14. The van der Waals surface area contributed by atoms with Gasteiger partial charge in [-0.1, -0.05) is 12.1 Å². The van der Waals surface area contributed by atoms with Crippen LogP contribution in [0.5, 0.6) is 5.75 Å². The highest BCUT2D eigenvalue weighted by molar-refractivity contribution is 5.93. The Morgan fingerprint density at radius 3 is 2.59 bits per heavy atom. The molecule has 27 heavy (non-hydrogen) atoms. The maximum Gasteiger partial charge on any atom is 0.252 e. The molecule has 144 valence electrons. The minimum absolute atomic E-state index is 0.0382. The summed E-state index contributed by atoms with van der Waals surface area (Å²) in [4.78, 5) is 28.4. The van der Waals surface area contributed by atoms with Gasteiger partial charge in [-0.2, -0.15) is 0 Å². The van der Waals surface area contributed by atoms with E-state index in [0.29, 0.717) is 31.9 Å². The van der Waals surface area contributed by atoms with Crippen LogP contribution in [-0.4, -0.2) is 55.2 Å². The predicted octanol–water partition coefficient (Wildman–Crippen LogP) is 1.58. The van der Waals surface area contributed by atoms with Crippen LogP contribution in [0.1, 0.15) is 28.9 Å². The molecular weight excluding hydrogens is 346 g/mol. The molecule has 1 aliphatic heterocycles. The number of morpholine rings is 1. The number of H-pyrrole nitrogens is 1. The van der Waals surface area contributed by atoms with Crippen LogP contribution in [0.15, 0.2) is 47.4 Å². The van der Waals surface area contributed by atoms with Crippen LogP contribution >= 0.6 is 0 Å². The van der Waals surface area contributed by atoms with Gasteiger partial charge in [-0.15, -0.1) is 0 Å². The van der Waals surface area contributed by atoms with Crippen molar-refractivity contribution in [2.24, 2.45) is 0 Å². The second kappa shape index (κ2) is 9.34. The molecule has 0 bridgehead atoms. The average molecular weight is 371 g/mol. The number of rotatable bonds is 7. The van der Waals surface area contributed by atoms with E-state index in [2.05, 4.69) is 15.2 Å². The number of carbonyl (C=O) groups is 1. The van der Waals surface area contributed by atoms with E-state index in [1.807, 2.05) is 31.2 Å². The maximum atomic E-state index is 12.4. The van der Waals surface area contributed by atoms with Crippen molar-refractivity contribution in [3.8, 4) is 5.75 Å². The Hall–Kier alpha value is -2.64. The number of benzene rings is 1. The summed E-state index contributed by atoms with van der Waals surface area (Å²) >= 11 is 0. The molecule has 1 aromatic heterocycles. The number of amides is 1. The molecule has 1 amide bonds. The highest BCUT2D eigenvalue weighted by atomic mass is 16.5. The second-order valence-corrected chi connectivity index (χ2v) is 6.32. The fourth-order valence-corrected chi connectivity index (χ4v) is 3.14. The Bertz CT molecular complexity index is 777. The molecule has 1 saturated heterocycles. The van der Waals surface area contributed by atoms with Crippen LogP contribution in [0.4, 0.5) is 0 Å². The average Bonchev–Trinajstić information content (AvgIpc) is 2.71. The molecule has 7 heteroatoms. The van der Waals surface area contributed by atoms with E-state index in [-0.39, 0.29) is 17.5 Å². The first-order valence-corrected chi connectivity index (χ1v) is 9.19. The molecule has 1 aromatic carbocycles. The summed E-state index contributed by atoms with van der Waals surface area (Å²) in [5.74, 6) is 0.620. The first kappa shape index (κ1) is 19.1. The minimum atomic E-state index is -0.230. The molecule has 3 rings (SSSR count). The number of ether oxygens (including phenoxy) is 2. The van der Waals surface area contributed by atoms with Gasteiger partial charge < -0.3 is 19.8 Å². The molecule has 0 saturated carbocycles. The fraction of sp³-hybridized carbons (Fsp3) is 0.400. The zero-order valence-corrected chi connectivity index (χ0v) is 15.4. The molecule has 0 aliphatic carbocycles. The monoisotopic (exact) mass is 371 g/mol. The van der Waals surface area contributed by atoms with Crippen LogP contribution in [-0.2, 0) is 4.74 Å². The Kier molecular flexibility index (Phi) is 6.62. The van der Waals surface area contributed by atoms with Crippen molar-refractivity contribution in [3.05, 3.63) is 64.1 Å². The van der Waals surface area contributed by atoms with Crippen molar-refractivity contribution >= 4 is 5.91 Å². The Morgan fingerprint density at radius 1 is 1.22 bits per heavy atom. The highest BCUT2D eigenvalue weighted by Gasteiger charge is 2.23. The number of aromatic amines is 1. The normalized spacial score (nSPS) is 15.9. The summed E-state index contributed by atoms with van der Waals surface area (Å²) in [6.07, 6.45) is 1.43. The number of hydrogen-bond acceptors (Lipinski definition) is 5. The number of carbonyl (C=O) groups excluding carboxylic acids is 1. The number of nitrogens with zero attached hydrogens (tertiary/aromatic N) is 1. The van der Waals surface area contributed by atoms with Gasteiger partial charge in [0, 0.05) is 31.9 Å². The van der Waals surface area contributed by atoms with Gasteiger partial charge in [0.25, 0.3) is 5.91 Å². The van der Waals surface area contributed by atoms with Crippen LogP contribution in [0.25, 0.3) is 0 Å². The molecule has 1 unspecified atom stereocenters. The largest absolute Gasteiger partial charge is 0.494 e. The molecule has 1 fully saturated rings. The van der Waals surface area contributed by atoms with Gasteiger partial charge in [0.05, 0.1) is 31.4 Å². The predicted molar refractivity (Wildman–Crippen MR) is 102 cm³/mol. The first-order valence-electron chi connectivity index (χ1n) is 9.19. The Labute approximate surface area is 158 Å². The van der Waals surface area contributed by atoms with Gasteiger partial charge in [0.1, 0.15) is 5.75 Å². The summed E-state index contributed by atoms with van der Waals surface area (Å²) in [6.45, 7) is 6.03. The number of nitrogens with one attached hydrogen (secondary N) is 2. The summed E-state index contributed by atoms with van der Waals surface area (Å²) in [5, 5.41) is 2.98. The molecule has 1 aliphatic rings.